The molecule has 1 saturated heterocycles. The maximum absolute atomic E-state index is 12.4. The summed E-state index contributed by atoms with van der Waals surface area (Å²) in [6.07, 6.45) is 7.40. The Kier molecular flexibility index (Phi) is 2.98. The van der Waals surface area contributed by atoms with Gasteiger partial charge in [0.2, 0.25) is 0 Å². The maximum atomic E-state index is 12.4. The van der Waals surface area contributed by atoms with Crippen LogP contribution in [0.5, 0.6) is 0 Å². The SMILES string of the molecule is O=C(c1cc(C2CC2)on1)N1CCC(n2nccn2)CC1. The Morgan fingerprint density at radius 3 is 2.52 bits per heavy atom. The molecule has 7 nitrogen and oxygen atoms in total. The fraction of sp³-hybridized carbons (Fsp3) is 0.571. The van der Waals surface area contributed by atoms with Gasteiger partial charge in [-0.2, -0.15) is 15.0 Å². The molecule has 0 bridgehead atoms. The molecule has 7 heteroatoms. The predicted molar refractivity (Wildman–Crippen MR) is 72.7 cm³/mol. The summed E-state index contributed by atoms with van der Waals surface area (Å²) >= 11 is 0. The van der Waals surface area contributed by atoms with Crippen molar-refractivity contribution in [2.75, 3.05) is 13.1 Å². The van der Waals surface area contributed by atoms with E-state index in [2.05, 4.69) is 15.4 Å². The number of piperidine rings is 1. The number of aromatic nitrogens is 4. The number of rotatable bonds is 3. The minimum absolute atomic E-state index is 0.0301. The summed E-state index contributed by atoms with van der Waals surface area (Å²) in [5.74, 6) is 1.31. The van der Waals surface area contributed by atoms with Crippen molar-refractivity contribution < 1.29 is 9.32 Å². The molecule has 0 atom stereocenters. The van der Waals surface area contributed by atoms with E-state index < -0.39 is 0 Å². The molecule has 1 amide bonds. The minimum atomic E-state index is -0.0301. The molecule has 2 aromatic rings. The first kappa shape index (κ1) is 12.6. The molecule has 0 unspecified atom stereocenters. The lowest BCUT2D eigenvalue weighted by atomic mass is 10.1. The molecule has 3 heterocycles. The van der Waals surface area contributed by atoms with Crippen LogP contribution < -0.4 is 0 Å². The quantitative estimate of drug-likeness (QED) is 0.857. The van der Waals surface area contributed by atoms with Gasteiger partial charge in [0.15, 0.2) is 5.69 Å². The lowest BCUT2D eigenvalue weighted by molar-refractivity contribution is 0.0673. The first-order chi connectivity index (χ1) is 10.3. The molecular formula is C14H17N5O2. The van der Waals surface area contributed by atoms with Crippen LogP contribution in [0.25, 0.3) is 0 Å². The molecule has 4 rings (SSSR count). The fourth-order valence-corrected chi connectivity index (χ4v) is 2.83. The third kappa shape index (κ3) is 2.43. The van der Waals surface area contributed by atoms with Gasteiger partial charge in [-0.25, -0.2) is 0 Å². The molecule has 1 aliphatic heterocycles. The lowest BCUT2D eigenvalue weighted by Crippen LogP contribution is -2.39. The average Bonchev–Trinajstić information content (AvgIpc) is 3.05. The normalized spacial score (nSPS) is 19.9. The van der Waals surface area contributed by atoms with Gasteiger partial charge in [-0.15, -0.1) is 0 Å². The van der Waals surface area contributed by atoms with E-state index in [1.165, 1.54) is 0 Å². The maximum Gasteiger partial charge on any atom is 0.276 e. The molecule has 0 spiro atoms. The largest absolute Gasteiger partial charge is 0.360 e. The molecular weight excluding hydrogens is 270 g/mol. The Morgan fingerprint density at radius 2 is 1.86 bits per heavy atom. The smallest absolute Gasteiger partial charge is 0.276 e. The van der Waals surface area contributed by atoms with Crippen molar-refractivity contribution in [3.8, 4) is 0 Å². The number of nitrogens with zero attached hydrogens (tertiary/aromatic N) is 5. The van der Waals surface area contributed by atoms with Crippen LogP contribution in [0.2, 0.25) is 0 Å². The number of carbonyl (C=O) groups is 1. The molecule has 2 fully saturated rings. The summed E-state index contributed by atoms with van der Waals surface area (Å²) in [4.78, 5) is 16.0. The van der Waals surface area contributed by atoms with Crippen molar-refractivity contribution >= 4 is 5.91 Å². The Hall–Kier alpha value is -2.18. The van der Waals surface area contributed by atoms with Crippen LogP contribution in [-0.4, -0.2) is 44.0 Å². The summed E-state index contributed by atoms with van der Waals surface area (Å²) in [5.41, 5.74) is 0.438. The molecule has 0 N–H and O–H groups in total. The molecule has 110 valence electrons. The second-order valence-electron chi connectivity index (χ2n) is 5.76. The second kappa shape index (κ2) is 4.98. The molecule has 1 saturated carbocycles. The van der Waals surface area contributed by atoms with E-state index in [1.807, 2.05) is 4.90 Å². The molecule has 0 radical (unpaired) electrons. The number of likely N-dealkylation sites (tertiary alicyclic amines) is 1. The standard InChI is InChI=1S/C14H17N5O2/c20-14(12-9-13(21-17-12)10-1-2-10)18-7-3-11(4-8-18)19-15-5-6-16-19/h5-6,9-11H,1-4,7-8H2. The van der Waals surface area contributed by atoms with Gasteiger partial charge in [-0.1, -0.05) is 5.16 Å². The van der Waals surface area contributed by atoms with Crippen molar-refractivity contribution in [3.63, 3.8) is 0 Å². The van der Waals surface area contributed by atoms with E-state index in [0.29, 0.717) is 24.7 Å². The fourth-order valence-electron chi connectivity index (χ4n) is 2.83. The first-order valence-electron chi connectivity index (χ1n) is 7.43. The van der Waals surface area contributed by atoms with Crippen LogP contribution in [0.3, 0.4) is 0 Å². The van der Waals surface area contributed by atoms with Crippen molar-refractivity contribution in [1.29, 1.82) is 0 Å². The van der Waals surface area contributed by atoms with Crippen LogP contribution >= 0.6 is 0 Å². The molecule has 21 heavy (non-hydrogen) atoms. The summed E-state index contributed by atoms with van der Waals surface area (Å²) in [5, 5.41) is 12.3. The second-order valence-corrected chi connectivity index (χ2v) is 5.76. The Balaban J connectivity index is 1.39. The van der Waals surface area contributed by atoms with Gasteiger partial charge in [0.25, 0.3) is 5.91 Å². The van der Waals surface area contributed by atoms with Crippen LogP contribution in [-0.2, 0) is 0 Å². The van der Waals surface area contributed by atoms with E-state index in [0.717, 1.165) is 31.4 Å². The van der Waals surface area contributed by atoms with Gasteiger partial charge < -0.3 is 9.42 Å². The Labute approximate surface area is 121 Å². The number of hydrogen-bond acceptors (Lipinski definition) is 5. The minimum Gasteiger partial charge on any atom is -0.360 e. The highest BCUT2D eigenvalue weighted by Gasteiger charge is 2.31. The average molecular weight is 287 g/mol. The van der Waals surface area contributed by atoms with Gasteiger partial charge in [-0.3, -0.25) is 4.79 Å². The highest BCUT2D eigenvalue weighted by molar-refractivity contribution is 5.92. The van der Waals surface area contributed by atoms with Gasteiger partial charge in [0.1, 0.15) is 5.76 Å². The highest BCUT2D eigenvalue weighted by Crippen LogP contribution is 2.40. The van der Waals surface area contributed by atoms with Crippen LogP contribution in [0.15, 0.2) is 23.0 Å². The number of carbonyl (C=O) groups excluding carboxylic acids is 1. The third-order valence-electron chi connectivity index (χ3n) is 4.24. The lowest BCUT2D eigenvalue weighted by Gasteiger charge is -2.30. The van der Waals surface area contributed by atoms with Crippen molar-refractivity contribution in [2.45, 2.75) is 37.6 Å². The zero-order valence-corrected chi connectivity index (χ0v) is 11.7. The Bertz CT molecular complexity index is 624. The van der Waals surface area contributed by atoms with Gasteiger partial charge >= 0.3 is 0 Å². The van der Waals surface area contributed by atoms with Crippen LogP contribution in [0.1, 0.15) is 53.9 Å². The van der Waals surface area contributed by atoms with Crippen LogP contribution in [0.4, 0.5) is 0 Å². The predicted octanol–water partition coefficient (Wildman–Crippen LogP) is 1.62. The monoisotopic (exact) mass is 287 g/mol. The third-order valence-corrected chi connectivity index (χ3v) is 4.24. The number of hydrogen-bond donors (Lipinski definition) is 0. The van der Waals surface area contributed by atoms with Crippen molar-refractivity contribution in [1.82, 2.24) is 25.1 Å². The van der Waals surface area contributed by atoms with E-state index in [-0.39, 0.29) is 11.9 Å². The molecule has 1 aliphatic carbocycles. The van der Waals surface area contributed by atoms with Crippen molar-refractivity contribution in [3.05, 3.63) is 29.9 Å². The highest BCUT2D eigenvalue weighted by atomic mass is 16.5. The zero-order chi connectivity index (χ0) is 14.2. The summed E-state index contributed by atoms with van der Waals surface area (Å²) < 4.78 is 5.26. The summed E-state index contributed by atoms with van der Waals surface area (Å²) in [7, 11) is 0. The first-order valence-corrected chi connectivity index (χ1v) is 7.43. The molecule has 0 aromatic carbocycles. The van der Waals surface area contributed by atoms with Gasteiger partial charge in [0, 0.05) is 25.1 Å². The van der Waals surface area contributed by atoms with Crippen molar-refractivity contribution in [2.24, 2.45) is 0 Å². The van der Waals surface area contributed by atoms with E-state index in [1.54, 1.807) is 23.3 Å². The van der Waals surface area contributed by atoms with Crippen LogP contribution in [0, 0.1) is 0 Å². The zero-order valence-electron chi connectivity index (χ0n) is 11.7. The Morgan fingerprint density at radius 1 is 1.14 bits per heavy atom. The van der Waals surface area contributed by atoms with Gasteiger partial charge in [0.05, 0.1) is 18.4 Å². The van der Waals surface area contributed by atoms with E-state index in [9.17, 15) is 4.79 Å². The van der Waals surface area contributed by atoms with E-state index in [4.69, 9.17) is 4.52 Å². The summed E-state index contributed by atoms with van der Waals surface area (Å²) in [6.45, 7) is 1.41. The molecule has 2 aliphatic rings. The number of amides is 1. The van der Waals surface area contributed by atoms with Gasteiger partial charge in [-0.05, 0) is 25.7 Å². The topological polar surface area (TPSA) is 77.0 Å². The summed E-state index contributed by atoms with van der Waals surface area (Å²) in [6, 6.07) is 2.09. The molecule has 2 aromatic heterocycles. The van der Waals surface area contributed by atoms with E-state index >= 15 is 0 Å².